The fourth-order valence-electron chi connectivity index (χ4n) is 3.37. The molecule has 3 aromatic carbocycles. The second-order valence-corrected chi connectivity index (χ2v) is 7.06. The number of carbonyl (C=O) groups is 2. The molecule has 0 spiro atoms. The minimum atomic E-state index is -0.901. The summed E-state index contributed by atoms with van der Waals surface area (Å²) in [7, 11) is 0. The van der Waals surface area contributed by atoms with Crippen molar-refractivity contribution in [3.63, 3.8) is 0 Å². The lowest BCUT2D eigenvalue weighted by atomic mass is 10.0. The number of anilines is 1. The molecular formula is C25H20FN3O2. The van der Waals surface area contributed by atoms with Crippen LogP contribution in [0, 0.1) is 5.82 Å². The van der Waals surface area contributed by atoms with Crippen molar-refractivity contribution in [3.05, 3.63) is 108 Å². The maximum Gasteiger partial charge on any atom is 0.254 e. The summed E-state index contributed by atoms with van der Waals surface area (Å²) in [6.45, 7) is 0. The van der Waals surface area contributed by atoms with Crippen molar-refractivity contribution in [1.82, 2.24) is 10.3 Å². The zero-order valence-corrected chi connectivity index (χ0v) is 16.6. The number of hydrogen-bond acceptors (Lipinski definition) is 3. The van der Waals surface area contributed by atoms with Gasteiger partial charge in [-0.3, -0.25) is 14.6 Å². The minimum Gasteiger partial charge on any atom is -0.340 e. The van der Waals surface area contributed by atoms with Gasteiger partial charge in [-0.1, -0.05) is 48.5 Å². The summed E-state index contributed by atoms with van der Waals surface area (Å²) >= 11 is 0. The molecule has 0 aliphatic heterocycles. The molecule has 4 aromatic rings. The van der Waals surface area contributed by atoms with Gasteiger partial charge in [-0.25, -0.2) is 4.39 Å². The number of nitrogens with zero attached hydrogens (tertiary/aromatic N) is 1. The Morgan fingerprint density at radius 3 is 2.45 bits per heavy atom. The largest absolute Gasteiger partial charge is 0.340 e. The maximum absolute atomic E-state index is 14.1. The SMILES string of the molecule is O=C(NC(Cc1ccccc1)C(=O)Nc1cccc2ncccc12)c1ccccc1F. The molecule has 31 heavy (non-hydrogen) atoms. The average molecular weight is 413 g/mol. The van der Waals surface area contributed by atoms with Gasteiger partial charge in [0.1, 0.15) is 11.9 Å². The van der Waals surface area contributed by atoms with Gasteiger partial charge >= 0.3 is 0 Å². The van der Waals surface area contributed by atoms with Gasteiger partial charge in [0.25, 0.3) is 5.91 Å². The fraction of sp³-hybridized carbons (Fsp3) is 0.0800. The molecule has 4 rings (SSSR count). The molecular weight excluding hydrogens is 393 g/mol. The molecule has 2 N–H and O–H groups in total. The first-order valence-corrected chi connectivity index (χ1v) is 9.86. The van der Waals surface area contributed by atoms with E-state index in [2.05, 4.69) is 15.6 Å². The molecule has 0 fully saturated rings. The van der Waals surface area contributed by atoms with Gasteiger partial charge in [0, 0.05) is 18.0 Å². The summed E-state index contributed by atoms with van der Waals surface area (Å²) in [5, 5.41) is 6.36. The number of halogens is 1. The van der Waals surface area contributed by atoms with Crippen LogP contribution >= 0.6 is 0 Å². The number of nitrogens with one attached hydrogen (secondary N) is 2. The van der Waals surface area contributed by atoms with Crippen LogP contribution in [0.5, 0.6) is 0 Å². The summed E-state index contributed by atoms with van der Waals surface area (Å²) < 4.78 is 14.1. The average Bonchev–Trinajstić information content (AvgIpc) is 2.80. The Morgan fingerprint density at radius 1 is 0.871 bits per heavy atom. The molecule has 0 aliphatic rings. The molecule has 1 heterocycles. The Bertz CT molecular complexity index is 1220. The van der Waals surface area contributed by atoms with E-state index >= 15 is 0 Å². The molecule has 1 atom stereocenters. The van der Waals surface area contributed by atoms with E-state index in [1.165, 1.54) is 18.2 Å². The summed E-state index contributed by atoms with van der Waals surface area (Å²) in [5.74, 6) is -1.68. The van der Waals surface area contributed by atoms with Gasteiger partial charge in [0.05, 0.1) is 16.8 Å². The highest BCUT2D eigenvalue weighted by molar-refractivity contribution is 6.05. The van der Waals surface area contributed by atoms with Crippen LogP contribution in [-0.4, -0.2) is 22.8 Å². The van der Waals surface area contributed by atoms with E-state index in [-0.39, 0.29) is 12.0 Å². The predicted octanol–water partition coefficient (Wildman–Crippen LogP) is 4.35. The van der Waals surface area contributed by atoms with Crippen LogP contribution in [-0.2, 0) is 11.2 Å². The Labute approximate surface area is 178 Å². The topological polar surface area (TPSA) is 71.1 Å². The van der Waals surface area contributed by atoms with Crippen LogP contribution < -0.4 is 10.6 Å². The number of amides is 2. The van der Waals surface area contributed by atoms with E-state index in [1.807, 2.05) is 42.5 Å². The van der Waals surface area contributed by atoms with E-state index in [4.69, 9.17) is 0 Å². The normalized spacial score (nSPS) is 11.6. The third-order valence-corrected chi connectivity index (χ3v) is 4.93. The van der Waals surface area contributed by atoms with Gasteiger partial charge < -0.3 is 10.6 Å². The Morgan fingerprint density at radius 2 is 1.65 bits per heavy atom. The van der Waals surface area contributed by atoms with Crippen molar-refractivity contribution in [3.8, 4) is 0 Å². The summed E-state index contributed by atoms with van der Waals surface area (Å²) in [6.07, 6.45) is 1.94. The maximum atomic E-state index is 14.1. The van der Waals surface area contributed by atoms with Gasteiger partial charge in [0.2, 0.25) is 5.91 Å². The Balaban J connectivity index is 1.60. The Kier molecular flexibility index (Phi) is 5.98. The zero-order chi connectivity index (χ0) is 21.6. The molecule has 0 radical (unpaired) electrons. The predicted molar refractivity (Wildman–Crippen MR) is 118 cm³/mol. The summed E-state index contributed by atoms with van der Waals surface area (Å²) in [6, 6.07) is 23.2. The van der Waals surface area contributed by atoms with Crippen molar-refractivity contribution in [2.45, 2.75) is 12.5 Å². The second-order valence-electron chi connectivity index (χ2n) is 7.06. The minimum absolute atomic E-state index is 0.109. The quantitative estimate of drug-likeness (QED) is 0.494. The first kappa shape index (κ1) is 20.2. The third-order valence-electron chi connectivity index (χ3n) is 4.93. The van der Waals surface area contributed by atoms with Crippen molar-refractivity contribution in [1.29, 1.82) is 0 Å². The lowest BCUT2D eigenvalue weighted by molar-refractivity contribution is -0.118. The number of aromatic nitrogens is 1. The molecule has 0 saturated heterocycles. The molecule has 5 nitrogen and oxygen atoms in total. The first-order valence-electron chi connectivity index (χ1n) is 9.86. The van der Waals surface area contributed by atoms with Crippen molar-refractivity contribution >= 4 is 28.4 Å². The summed E-state index contributed by atoms with van der Waals surface area (Å²) in [4.78, 5) is 30.2. The molecule has 1 aromatic heterocycles. The molecule has 0 bridgehead atoms. The fourth-order valence-corrected chi connectivity index (χ4v) is 3.37. The van der Waals surface area contributed by atoms with Crippen LogP contribution in [0.4, 0.5) is 10.1 Å². The van der Waals surface area contributed by atoms with Gasteiger partial charge in [-0.2, -0.15) is 0 Å². The highest BCUT2D eigenvalue weighted by Crippen LogP contribution is 2.21. The highest BCUT2D eigenvalue weighted by Gasteiger charge is 2.24. The number of pyridine rings is 1. The van der Waals surface area contributed by atoms with Gasteiger partial charge in [0.15, 0.2) is 0 Å². The molecule has 6 heteroatoms. The van der Waals surface area contributed by atoms with E-state index in [0.29, 0.717) is 5.69 Å². The van der Waals surface area contributed by atoms with E-state index in [0.717, 1.165) is 16.5 Å². The van der Waals surface area contributed by atoms with E-state index in [9.17, 15) is 14.0 Å². The molecule has 154 valence electrons. The number of benzene rings is 3. The van der Waals surface area contributed by atoms with E-state index in [1.54, 1.807) is 30.5 Å². The number of fused-ring (bicyclic) bond motifs is 1. The van der Waals surface area contributed by atoms with Crippen LogP contribution in [0.1, 0.15) is 15.9 Å². The lowest BCUT2D eigenvalue weighted by Crippen LogP contribution is -2.45. The smallest absolute Gasteiger partial charge is 0.254 e. The third kappa shape index (κ3) is 4.75. The van der Waals surface area contributed by atoms with Gasteiger partial charge in [-0.15, -0.1) is 0 Å². The lowest BCUT2D eigenvalue weighted by Gasteiger charge is -2.19. The van der Waals surface area contributed by atoms with Crippen molar-refractivity contribution in [2.75, 3.05) is 5.32 Å². The van der Waals surface area contributed by atoms with Crippen LogP contribution in [0.25, 0.3) is 10.9 Å². The van der Waals surface area contributed by atoms with E-state index < -0.39 is 23.7 Å². The van der Waals surface area contributed by atoms with Crippen LogP contribution in [0.2, 0.25) is 0 Å². The second kappa shape index (κ2) is 9.17. The van der Waals surface area contributed by atoms with Crippen molar-refractivity contribution < 1.29 is 14.0 Å². The summed E-state index contributed by atoms with van der Waals surface area (Å²) in [5.41, 5.74) is 2.10. The molecule has 2 amide bonds. The molecule has 1 unspecified atom stereocenters. The molecule has 0 aliphatic carbocycles. The van der Waals surface area contributed by atoms with Crippen LogP contribution in [0.15, 0.2) is 91.1 Å². The molecule has 0 saturated carbocycles. The monoisotopic (exact) mass is 413 g/mol. The number of hydrogen-bond donors (Lipinski definition) is 2. The van der Waals surface area contributed by atoms with Crippen molar-refractivity contribution in [2.24, 2.45) is 0 Å². The Hall–Kier alpha value is -4.06. The van der Waals surface area contributed by atoms with Gasteiger partial charge in [-0.05, 0) is 42.0 Å². The number of carbonyl (C=O) groups excluding carboxylic acids is 2. The number of rotatable bonds is 6. The highest BCUT2D eigenvalue weighted by atomic mass is 19.1. The first-order chi connectivity index (χ1) is 15.1. The zero-order valence-electron chi connectivity index (χ0n) is 16.6. The van der Waals surface area contributed by atoms with Crippen LogP contribution in [0.3, 0.4) is 0 Å². The standard InChI is InChI=1S/C25H20FN3O2/c26-20-12-5-4-10-18(20)24(30)29-23(16-17-8-2-1-3-9-17)25(31)28-22-14-6-13-21-19(22)11-7-15-27-21/h1-15,23H,16H2,(H,28,31)(H,29,30).